The molecule has 0 aliphatic carbocycles. The van der Waals surface area contributed by atoms with E-state index >= 15 is 0 Å². The van der Waals surface area contributed by atoms with Crippen molar-refractivity contribution < 1.29 is 9.90 Å². The summed E-state index contributed by atoms with van der Waals surface area (Å²) in [7, 11) is 0. The van der Waals surface area contributed by atoms with Gasteiger partial charge in [-0.25, -0.2) is 0 Å². The maximum Gasteiger partial charge on any atom is 0.234 e. The number of unbranched alkanes of at least 4 members (excludes halogenated alkanes) is 1. The second kappa shape index (κ2) is 5.98. The van der Waals surface area contributed by atoms with Crippen LogP contribution in [-0.4, -0.2) is 48.2 Å². The van der Waals surface area contributed by atoms with Crippen LogP contribution >= 0.6 is 0 Å². The molecule has 0 saturated carbocycles. The first-order chi connectivity index (χ1) is 6.72. The summed E-state index contributed by atoms with van der Waals surface area (Å²) >= 11 is 0. The zero-order valence-corrected chi connectivity index (χ0v) is 8.83. The van der Waals surface area contributed by atoms with E-state index in [1.807, 2.05) is 4.90 Å². The largest absolute Gasteiger partial charge is 0.392 e. The highest BCUT2D eigenvalue weighted by atomic mass is 16.3. The van der Waals surface area contributed by atoms with Crippen LogP contribution in [0.25, 0.3) is 0 Å². The van der Waals surface area contributed by atoms with E-state index < -0.39 is 0 Å². The molecule has 4 nitrogen and oxygen atoms in total. The van der Waals surface area contributed by atoms with Gasteiger partial charge >= 0.3 is 0 Å². The molecule has 1 atom stereocenters. The average molecular weight is 200 g/mol. The summed E-state index contributed by atoms with van der Waals surface area (Å²) in [5.74, 6) is 0.0764. The molecule has 14 heavy (non-hydrogen) atoms. The molecule has 1 saturated heterocycles. The van der Waals surface area contributed by atoms with E-state index in [1.165, 1.54) is 0 Å². The second-order valence-electron chi connectivity index (χ2n) is 3.88. The van der Waals surface area contributed by atoms with Crippen molar-refractivity contribution in [1.29, 1.82) is 0 Å². The number of nitrogens with one attached hydrogen (secondary N) is 1. The fourth-order valence-corrected chi connectivity index (χ4v) is 1.62. The molecule has 1 amide bonds. The van der Waals surface area contributed by atoms with Gasteiger partial charge in [-0.05, 0) is 12.8 Å². The van der Waals surface area contributed by atoms with Gasteiger partial charge in [0.25, 0.3) is 0 Å². The Kier molecular flexibility index (Phi) is 4.90. The molecule has 1 aliphatic rings. The number of likely N-dealkylation sites (tertiary alicyclic amines) is 1. The van der Waals surface area contributed by atoms with E-state index in [4.69, 9.17) is 0 Å². The minimum Gasteiger partial charge on any atom is -0.392 e. The zero-order chi connectivity index (χ0) is 10.4. The second-order valence-corrected chi connectivity index (χ2v) is 3.88. The Bertz CT molecular complexity index is 185. The number of carbonyl (C=O) groups excluding carboxylic acids is 1. The monoisotopic (exact) mass is 200 g/mol. The molecular weight excluding hydrogens is 180 g/mol. The lowest BCUT2D eigenvalue weighted by Crippen LogP contribution is -2.36. The SMILES string of the molecule is CCCCNC(=O)CN1CC[C@H](O)C1. The molecule has 0 aromatic carbocycles. The Balaban J connectivity index is 2.08. The fraction of sp³-hybridized carbons (Fsp3) is 0.900. The van der Waals surface area contributed by atoms with E-state index in [0.29, 0.717) is 13.1 Å². The van der Waals surface area contributed by atoms with E-state index in [0.717, 1.165) is 32.4 Å². The van der Waals surface area contributed by atoms with Crippen LogP contribution < -0.4 is 5.32 Å². The Morgan fingerprint density at radius 3 is 3.00 bits per heavy atom. The van der Waals surface area contributed by atoms with Gasteiger partial charge in [0.05, 0.1) is 12.6 Å². The van der Waals surface area contributed by atoms with Crippen molar-refractivity contribution in [2.24, 2.45) is 0 Å². The minimum atomic E-state index is -0.238. The van der Waals surface area contributed by atoms with Crippen LogP contribution in [0.2, 0.25) is 0 Å². The van der Waals surface area contributed by atoms with Crippen LogP contribution in [0, 0.1) is 0 Å². The lowest BCUT2D eigenvalue weighted by atomic mass is 10.3. The molecule has 1 fully saturated rings. The molecular formula is C10H20N2O2. The first-order valence-electron chi connectivity index (χ1n) is 5.39. The van der Waals surface area contributed by atoms with Crippen LogP contribution in [0.1, 0.15) is 26.2 Å². The highest BCUT2D eigenvalue weighted by molar-refractivity contribution is 5.78. The lowest BCUT2D eigenvalue weighted by molar-refractivity contribution is -0.122. The molecule has 1 aliphatic heterocycles. The third-order valence-corrected chi connectivity index (χ3v) is 2.47. The predicted octanol–water partition coefficient (Wildman–Crippen LogP) is -0.0307. The molecule has 0 bridgehead atoms. The van der Waals surface area contributed by atoms with Crippen molar-refractivity contribution in [3.8, 4) is 0 Å². The maximum atomic E-state index is 11.3. The number of amides is 1. The number of hydrogen-bond acceptors (Lipinski definition) is 3. The van der Waals surface area contributed by atoms with Crippen molar-refractivity contribution in [2.45, 2.75) is 32.3 Å². The molecule has 0 aromatic heterocycles. The van der Waals surface area contributed by atoms with E-state index in [-0.39, 0.29) is 12.0 Å². The number of rotatable bonds is 5. The first-order valence-corrected chi connectivity index (χ1v) is 5.39. The molecule has 0 aromatic rings. The van der Waals surface area contributed by atoms with Gasteiger partial charge in [-0.15, -0.1) is 0 Å². The molecule has 82 valence electrons. The Morgan fingerprint density at radius 1 is 1.64 bits per heavy atom. The maximum absolute atomic E-state index is 11.3. The topological polar surface area (TPSA) is 52.6 Å². The third-order valence-electron chi connectivity index (χ3n) is 2.47. The van der Waals surface area contributed by atoms with Gasteiger partial charge in [-0.3, -0.25) is 9.69 Å². The molecule has 1 rings (SSSR count). The Hall–Kier alpha value is -0.610. The molecule has 0 spiro atoms. The minimum absolute atomic E-state index is 0.0764. The van der Waals surface area contributed by atoms with Gasteiger partial charge in [0.15, 0.2) is 0 Å². The van der Waals surface area contributed by atoms with Gasteiger partial charge in [0.1, 0.15) is 0 Å². The summed E-state index contributed by atoms with van der Waals surface area (Å²) in [4.78, 5) is 13.3. The Morgan fingerprint density at radius 2 is 2.43 bits per heavy atom. The number of nitrogens with zero attached hydrogens (tertiary/aromatic N) is 1. The highest BCUT2D eigenvalue weighted by Gasteiger charge is 2.21. The molecule has 0 radical (unpaired) electrons. The van der Waals surface area contributed by atoms with Crippen molar-refractivity contribution in [2.75, 3.05) is 26.2 Å². The van der Waals surface area contributed by atoms with Crippen LogP contribution in [0.3, 0.4) is 0 Å². The molecule has 0 unspecified atom stereocenters. The van der Waals surface area contributed by atoms with E-state index in [9.17, 15) is 9.90 Å². The predicted molar refractivity (Wildman–Crippen MR) is 55.0 cm³/mol. The molecule has 1 heterocycles. The molecule has 2 N–H and O–H groups in total. The van der Waals surface area contributed by atoms with Gasteiger partial charge in [0.2, 0.25) is 5.91 Å². The van der Waals surface area contributed by atoms with Crippen LogP contribution in [0.4, 0.5) is 0 Å². The summed E-state index contributed by atoms with van der Waals surface area (Å²) in [5, 5.41) is 12.1. The number of aliphatic hydroxyl groups excluding tert-OH is 1. The van der Waals surface area contributed by atoms with Crippen LogP contribution in [0.15, 0.2) is 0 Å². The van der Waals surface area contributed by atoms with Crippen molar-refractivity contribution in [3.05, 3.63) is 0 Å². The zero-order valence-electron chi connectivity index (χ0n) is 8.83. The summed E-state index contributed by atoms with van der Waals surface area (Å²) in [6, 6.07) is 0. The molecule has 4 heteroatoms. The summed E-state index contributed by atoms with van der Waals surface area (Å²) < 4.78 is 0. The quantitative estimate of drug-likeness (QED) is 0.613. The van der Waals surface area contributed by atoms with E-state index in [2.05, 4.69) is 12.2 Å². The summed E-state index contributed by atoms with van der Waals surface area (Å²) in [5.41, 5.74) is 0. The summed E-state index contributed by atoms with van der Waals surface area (Å²) in [6.07, 6.45) is 2.69. The standard InChI is InChI=1S/C10H20N2O2/c1-2-3-5-11-10(14)8-12-6-4-9(13)7-12/h9,13H,2-8H2,1H3,(H,11,14)/t9-/m0/s1. The number of carbonyl (C=O) groups is 1. The normalized spacial score (nSPS) is 22.6. The highest BCUT2D eigenvalue weighted by Crippen LogP contribution is 2.07. The fourth-order valence-electron chi connectivity index (χ4n) is 1.62. The Labute approximate surface area is 85.3 Å². The van der Waals surface area contributed by atoms with Crippen molar-refractivity contribution >= 4 is 5.91 Å². The lowest BCUT2D eigenvalue weighted by Gasteiger charge is -2.14. The smallest absolute Gasteiger partial charge is 0.234 e. The van der Waals surface area contributed by atoms with Crippen molar-refractivity contribution in [1.82, 2.24) is 10.2 Å². The first kappa shape index (κ1) is 11.5. The average Bonchev–Trinajstić information content (AvgIpc) is 2.52. The summed E-state index contributed by atoms with van der Waals surface area (Å²) in [6.45, 7) is 4.78. The van der Waals surface area contributed by atoms with Crippen LogP contribution in [-0.2, 0) is 4.79 Å². The van der Waals surface area contributed by atoms with Crippen molar-refractivity contribution in [3.63, 3.8) is 0 Å². The van der Waals surface area contributed by atoms with E-state index in [1.54, 1.807) is 0 Å². The van der Waals surface area contributed by atoms with Gasteiger partial charge in [0, 0.05) is 19.6 Å². The third kappa shape index (κ3) is 4.07. The van der Waals surface area contributed by atoms with Gasteiger partial charge in [-0.1, -0.05) is 13.3 Å². The van der Waals surface area contributed by atoms with Gasteiger partial charge in [-0.2, -0.15) is 0 Å². The van der Waals surface area contributed by atoms with Crippen LogP contribution in [0.5, 0.6) is 0 Å². The number of β-amino-alcohol motifs (C(OH)–C–C–N with tert-alkyl or cyclic N) is 1. The number of hydrogen-bond donors (Lipinski definition) is 2. The van der Waals surface area contributed by atoms with Gasteiger partial charge < -0.3 is 10.4 Å². The number of aliphatic hydroxyl groups is 1.